The van der Waals surface area contributed by atoms with Crippen molar-refractivity contribution < 1.29 is 9.21 Å². The van der Waals surface area contributed by atoms with Gasteiger partial charge in [-0.05, 0) is 59.0 Å². The van der Waals surface area contributed by atoms with Gasteiger partial charge in [0.05, 0.1) is 5.75 Å². The lowest BCUT2D eigenvalue weighted by Gasteiger charge is -2.05. The number of carbonyl (C=O) groups excluding carboxylic acids is 1. The molecule has 0 aliphatic carbocycles. The number of benzene rings is 2. The fraction of sp³-hybridized carbons (Fsp3) is 0.105. The number of hydrogen-bond donors (Lipinski definition) is 1. The van der Waals surface area contributed by atoms with Crippen molar-refractivity contribution in [2.75, 3.05) is 11.1 Å². The van der Waals surface area contributed by atoms with Crippen LogP contribution >= 0.6 is 34.4 Å². The molecule has 0 saturated carbocycles. The first-order valence-electron chi connectivity index (χ1n) is 8.17. The van der Waals surface area contributed by atoms with Crippen molar-refractivity contribution in [1.82, 2.24) is 14.8 Å². The first-order chi connectivity index (χ1) is 13.1. The van der Waals surface area contributed by atoms with Gasteiger partial charge in [0.2, 0.25) is 5.91 Å². The van der Waals surface area contributed by atoms with Crippen molar-refractivity contribution in [3.63, 3.8) is 0 Å². The maximum Gasteiger partial charge on any atom is 0.234 e. The van der Waals surface area contributed by atoms with E-state index < -0.39 is 0 Å². The van der Waals surface area contributed by atoms with Gasteiger partial charge in [-0.2, -0.15) is 0 Å². The lowest BCUT2D eigenvalue weighted by atomic mass is 10.2. The number of nitrogens with zero attached hydrogens (tertiary/aromatic N) is 3. The molecule has 0 radical (unpaired) electrons. The van der Waals surface area contributed by atoms with Crippen LogP contribution < -0.4 is 5.32 Å². The van der Waals surface area contributed by atoms with Gasteiger partial charge in [-0.1, -0.05) is 30.0 Å². The van der Waals surface area contributed by atoms with Gasteiger partial charge in [0.15, 0.2) is 16.7 Å². The highest BCUT2D eigenvalue weighted by Gasteiger charge is 2.16. The number of furan rings is 1. The summed E-state index contributed by atoms with van der Waals surface area (Å²) in [5.41, 5.74) is 1.59. The summed E-state index contributed by atoms with van der Waals surface area (Å²) in [5.74, 6) is 1.44. The molecule has 6 nitrogen and oxygen atoms in total. The fourth-order valence-electron chi connectivity index (χ4n) is 2.61. The SMILES string of the molecule is Cn1c(SCC(=O)Nc2ccc(I)cc2)nnc1-c1cc2ccccc2o1. The second-order valence-corrected chi connectivity index (χ2v) is 8.05. The summed E-state index contributed by atoms with van der Waals surface area (Å²) in [7, 11) is 1.86. The molecule has 4 aromatic rings. The molecular weight excluding hydrogens is 475 g/mol. The standard InChI is InChI=1S/C19H15IN4O2S/c1-24-18(16-10-12-4-2-3-5-15(12)26-16)22-23-19(24)27-11-17(25)21-14-8-6-13(20)7-9-14/h2-10H,11H2,1H3,(H,21,25). The van der Waals surface area contributed by atoms with Gasteiger partial charge in [0, 0.05) is 21.7 Å². The molecular formula is C19H15IN4O2S. The molecule has 136 valence electrons. The number of hydrogen-bond acceptors (Lipinski definition) is 5. The van der Waals surface area contributed by atoms with Gasteiger partial charge >= 0.3 is 0 Å². The average molecular weight is 490 g/mol. The van der Waals surface area contributed by atoms with E-state index >= 15 is 0 Å². The number of carbonyl (C=O) groups is 1. The maximum absolute atomic E-state index is 12.2. The third-order valence-electron chi connectivity index (χ3n) is 3.94. The van der Waals surface area contributed by atoms with E-state index in [2.05, 4.69) is 38.1 Å². The zero-order valence-electron chi connectivity index (χ0n) is 14.3. The number of thioether (sulfide) groups is 1. The molecule has 1 amide bonds. The molecule has 27 heavy (non-hydrogen) atoms. The van der Waals surface area contributed by atoms with Crippen molar-refractivity contribution in [3.8, 4) is 11.6 Å². The molecule has 8 heteroatoms. The highest BCUT2D eigenvalue weighted by atomic mass is 127. The van der Waals surface area contributed by atoms with E-state index in [-0.39, 0.29) is 11.7 Å². The molecule has 4 rings (SSSR count). The summed E-state index contributed by atoms with van der Waals surface area (Å²) < 4.78 is 8.81. The van der Waals surface area contributed by atoms with Gasteiger partial charge in [-0.15, -0.1) is 10.2 Å². The lowest BCUT2D eigenvalue weighted by molar-refractivity contribution is -0.113. The van der Waals surface area contributed by atoms with Crippen LogP contribution in [-0.2, 0) is 11.8 Å². The molecule has 0 aliphatic heterocycles. The molecule has 2 aromatic carbocycles. The van der Waals surface area contributed by atoms with E-state index in [1.54, 1.807) is 0 Å². The molecule has 2 aromatic heterocycles. The lowest BCUT2D eigenvalue weighted by Crippen LogP contribution is -2.14. The van der Waals surface area contributed by atoms with E-state index in [9.17, 15) is 4.79 Å². The van der Waals surface area contributed by atoms with Crippen LogP contribution in [0.25, 0.3) is 22.6 Å². The second-order valence-electron chi connectivity index (χ2n) is 5.86. The van der Waals surface area contributed by atoms with Crippen LogP contribution in [0, 0.1) is 3.57 Å². The Labute approximate surface area is 173 Å². The highest BCUT2D eigenvalue weighted by molar-refractivity contribution is 14.1. The van der Waals surface area contributed by atoms with Crippen molar-refractivity contribution in [2.45, 2.75) is 5.16 Å². The first kappa shape index (κ1) is 18.1. The molecule has 0 bridgehead atoms. The van der Waals surface area contributed by atoms with Crippen LogP contribution in [-0.4, -0.2) is 26.4 Å². The second kappa shape index (κ2) is 7.73. The number of halogens is 1. The Hall–Kier alpha value is -2.33. The topological polar surface area (TPSA) is 73.0 Å². The first-order valence-corrected chi connectivity index (χ1v) is 10.2. The monoisotopic (exact) mass is 490 g/mol. The minimum atomic E-state index is -0.0884. The summed E-state index contributed by atoms with van der Waals surface area (Å²) in [6.45, 7) is 0. The third-order valence-corrected chi connectivity index (χ3v) is 5.68. The molecule has 0 fully saturated rings. The average Bonchev–Trinajstić information content (AvgIpc) is 3.25. The van der Waals surface area contributed by atoms with Gasteiger partial charge in [-0.3, -0.25) is 4.79 Å². The van der Waals surface area contributed by atoms with Gasteiger partial charge in [0.25, 0.3) is 0 Å². The van der Waals surface area contributed by atoms with Crippen LogP contribution in [0.15, 0.2) is 64.2 Å². The predicted molar refractivity (Wildman–Crippen MR) is 115 cm³/mol. The van der Waals surface area contributed by atoms with Crippen LogP contribution in [0.1, 0.15) is 0 Å². The summed E-state index contributed by atoms with van der Waals surface area (Å²) in [5, 5.41) is 13.0. The van der Waals surface area contributed by atoms with Gasteiger partial charge in [-0.25, -0.2) is 0 Å². The van der Waals surface area contributed by atoms with Gasteiger partial charge in [0.1, 0.15) is 5.58 Å². The molecule has 0 atom stereocenters. The van der Waals surface area contributed by atoms with Crippen molar-refractivity contribution in [2.24, 2.45) is 7.05 Å². The zero-order valence-corrected chi connectivity index (χ0v) is 17.3. The van der Waals surface area contributed by atoms with Crippen molar-refractivity contribution >= 4 is 56.9 Å². The molecule has 1 N–H and O–H groups in total. The van der Waals surface area contributed by atoms with Crippen LogP contribution in [0.4, 0.5) is 5.69 Å². The predicted octanol–water partition coefficient (Wildman–Crippen LogP) is 4.56. The Morgan fingerprint density at radius 2 is 1.96 bits per heavy atom. The van der Waals surface area contributed by atoms with E-state index in [1.807, 2.05) is 66.2 Å². The third kappa shape index (κ3) is 4.01. The molecule has 0 spiro atoms. The number of amides is 1. The molecule has 2 heterocycles. The minimum absolute atomic E-state index is 0.0884. The molecule has 0 unspecified atom stereocenters. The number of aromatic nitrogens is 3. The summed E-state index contributed by atoms with van der Waals surface area (Å²) >= 11 is 3.56. The Morgan fingerprint density at radius 3 is 2.74 bits per heavy atom. The Balaban J connectivity index is 1.44. The summed E-state index contributed by atoms with van der Waals surface area (Å²) in [6.07, 6.45) is 0. The van der Waals surface area contributed by atoms with E-state index in [0.29, 0.717) is 16.7 Å². The Bertz CT molecular complexity index is 1070. The normalized spacial score (nSPS) is 11.0. The van der Waals surface area contributed by atoms with Crippen LogP contribution in [0.2, 0.25) is 0 Å². The number of fused-ring (bicyclic) bond motifs is 1. The Morgan fingerprint density at radius 1 is 1.19 bits per heavy atom. The largest absolute Gasteiger partial charge is 0.453 e. The quantitative estimate of drug-likeness (QED) is 0.328. The van der Waals surface area contributed by atoms with Crippen LogP contribution in [0.5, 0.6) is 0 Å². The van der Waals surface area contributed by atoms with Crippen LogP contribution in [0.3, 0.4) is 0 Å². The maximum atomic E-state index is 12.2. The Kier molecular flexibility index (Phi) is 5.17. The number of para-hydroxylation sites is 1. The zero-order chi connectivity index (χ0) is 18.8. The highest BCUT2D eigenvalue weighted by Crippen LogP contribution is 2.28. The summed E-state index contributed by atoms with van der Waals surface area (Å²) in [6, 6.07) is 17.4. The molecule has 0 saturated heterocycles. The van der Waals surface area contributed by atoms with E-state index in [4.69, 9.17) is 4.42 Å². The fourth-order valence-corrected chi connectivity index (χ4v) is 3.68. The summed E-state index contributed by atoms with van der Waals surface area (Å²) in [4.78, 5) is 12.2. The van der Waals surface area contributed by atoms with E-state index in [0.717, 1.165) is 20.2 Å². The van der Waals surface area contributed by atoms with Gasteiger partial charge < -0.3 is 14.3 Å². The van der Waals surface area contributed by atoms with E-state index in [1.165, 1.54) is 11.8 Å². The number of nitrogens with one attached hydrogen (secondary N) is 1. The van der Waals surface area contributed by atoms with Crippen molar-refractivity contribution in [1.29, 1.82) is 0 Å². The smallest absolute Gasteiger partial charge is 0.234 e. The molecule has 0 aliphatic rings. The minimum Gasteiger partial charge on any atom is -0.453 e. The number of anilines is 1. The van der Waals surface area contributed by atoms with Crippen molar-refractivity contribution in [3.05, 3.63) is 58.2 Å². The number of rotatable bonds is 5.